The lowest BCUT2D eigenvalue weighted by Crippen LogP contribution is -2.24. The van der Waals surface area contributed by atoms with Crippen LogP contribution < -0.4 is 10.6 Å². The van der Waals surface area contributed by atoms with Gasteiger partial charge in [-0.2, -0.15) is 0 Å². The molecule has 1 unspecified atom stereocenters. The molecule has 0 bridgehead atoms. The van der Waals surface area contributed by atoms with E-state index < -0.39 is 17.1 Å². The second-order valence-electron chi connectivity index (χ2n) is 6.99. The topological polar surface area (TPSA) is 95.5 Å². The minimum atomic E-state index is -1.18. The molecule has 6 nitrogen and oxygen atoms in total. The zero-order valence-corrected chi connectivity index (χ0v) is 19.8. The molecule has 0 aromatic heterocycles. The Morgan fingerprint density at radius 2 is 1.55 bits per heavy atom. The maximum atomic E-state index is 12.8. The summed E-state index contributed by atoms with van der Waals surface area (Å²) in [6.45, 7) is 1.90. The molecule has 0 saturated heterocycles. The number of amides is 2. The molecule has 0 radical (unpaired) electrons. The average Bonchev–Trinajstić information content (AvgIpc) is 2.76. The highest BCUT2D eigenvalue weighted by Crippen LogP contribution is 2.30. The molecule has 9 heteroatoms. The molecular formula is C24H20Cl2N2O4S. The van der Waals surface area contributed by atoms with Crippen LogP contribution in [-0.4, -0.2) is 28.1 Å². The predicted molar refractivity (Wildman–Crippen MR) is 133 cm³/mol. The normalized spacial score (nSPS) is 11.5. The van der Waals surface area contributed by atoms with Gasteiger partial charge >= 0.3 is 5.97 Å². The number of nitrogens with one attached hydrogen (secondary N) is 2. The third-order valence-electron chi connectivity index (χ3n) is 4.57. The highest BCUT2D eigenvalue weighted by molar-refractivity contribution is 8.00. The van der Waals surface area contributed by atoms with E-state index in [2.05, 4.69) is 10.6 Å². The van der Waals surface area contributed by atoms with E-state index in [0.29, 0.717) is 27.8 Å². The van der Waals surface area contributed by atoms with E-state index in [-0.39, 0.29) is 17.0 Å². The molecular weight excluding hydrogens is 483 g/mol. The highest BCUT2D eigenvalue weighted by atomic mass is 35.5. The van der Waals surface area contributed by atoms with Gasteiger partial charge in [0, 0.05) is 26.3 Å². The van der Waals surface area contributed by atoms with Gasteiger partial charge in [0.15, 0.2) is 0 Å². The molecule has 170 valence electrons. The lowest BCUT2D eigenvalue weighted by Gasteiger charge is -2.16. The van der Waals surface area contributed by atoms with Crippen LogP contribution in [0, 0.1) is 0 Å². The summed E-state index contributed by atoms with van der Waals surface area (Å²) >= 11 is 13.3. The lowest BCUT2D eigenvalue weighted by atomic mass is 10.1. The first kappa shape index (κ1) is 24.6. The van der Waals surface area contributed by atoms with Crippen LogP contribution in [0.1, 0.15) is 34.1 Å². The molecule has 33 heavy (non-hydrogen) atoms. The minimum Gasteiger partial charge on any atom is -0.478 e. The number of anilines is 2. The number of hydrogen-bond acceptors (Lipinski definition) is 4. The van der Waals surface area contributed by atoms with Gasteiger partial charge in [0.1, 0.15) is 0 Å². The van der Waals surface area contributed by atoms with E-state index in [1.54, 1.807) is 48.5 Å². The number of carboxylic acid groups (broad SMARTS) is 1. The van der Waals surface area contributed by atoms with Crippen LogP contribution in [0.15, 0.2) is 71.6 Å². The fourth-order valence-corrected chi connectivity index (χ4v) is 4.59. The highest BCUT2D eigenvalue weighted by Gasteiger charge is 2.20. The summed E-state index contributed by atoms with van der Waals surface area (Å²) in [6.07, 6.45) is 0.563. The number of halogens is 2. The molecule has 0 aliphatic heterocycles. The van der Waals surface area contributed by atoms with E-state index in [4.69, 9.17) is 23.2 Å². The van der Waals surface area contributed by atoms with Crippen molar-refractivity contribution < 1.29 is 19.5 Å². The Kier molecular flexibility index (Phi) is 8.38. The molecule has 1 atom stereocenters. The maximum absolute atomic E-state index is 12.8. The number of rotatable bonds is 8. The van der Waals surface area contributed by atoms with Crippen molar-refractivity contribution in [2.45, 2.75) is 23.5 Å². The van der Waals surface area contributed by atoms with Crippen molar-refractivity contribution in [2.75, 3.05) is 10.6 Å². The Morgan fingerprint density at radius 3 is 2.18 bits per heavy atom. The summed E-state index contributed by atoms with van der Waals surface area (Å²) in [5.74, 6) is -1.91. The Balaban J connectivity index is 1.71. The molecule has 3 aromatic carbocycles. The van der Waals surface area contributed by atoms with Crippen molar-refractivity contribution in [3.8, 4) is 0 Å². The molecule has 3 N–H and O–H groups in total. The van der Waals surface area contributed by atoms with Crippen LogP contribution in [0.4, 0.5) is 11.4 Å². The molecule has 3 rings (SSSR count). The Hall–Kier alpha value is -3.00. The standard InChI is InChI=1S/C24H20Cl2N2O4S/c1-2-21(23(30)28-17-11-14(25)10-15(26)12-17)33-18-7-5-6-16(13-18)27-22(29)19-8-3-4-9-20(19)24(31)32/h3-13,21H,2H2,1H3,(H,27,29)(H,28,30)(H,31,32). The van der Waals surface area contributed by atoms with Crippen molar-refractivity contribution in [2.24, 2.45) is 0 Å². The van der Waals surface area contributed by atoms with Crippen molar-refractivity contribution in [3.63, 3.8) is 0 Å². The van der Waals surface area contributed by atoms with Crippen LogP contribution >= 0.6 is 35.0 Å². The molecule has 0 saturated carbocycles. The first-order chi connectivity index (χ1) is 15.8. The molecule has 0 aliphatic carbocycles. The van der Waals surface area contributed by atoms with Gasteiger partial charge in [-0.05, 0) is 55.0 Å². The number of carboxylic acids is 1. The van der Waals surface area contributed by atoms with Crippen molar-refractivity contribution in [3.05, 3.63) is 87.9 Å². The Bertz CT molecular complexity index is 1180. The van der Waals surface area contributed by atoms with Crippen LogP contribution in [-0.2, 0) is 4.79 Å². The Morgan fingerprint density at radius 1 is 0.879 bits per heavy atom. The lowest BCUT2D eigenvalue weighted by molar-refractivity contribution is -0.115. The minimum absolute atomic E-state index is 0.0639. The number of carbonyl (C=O) groups excluding carboxylic acids is 2. The average molecular weight is 503 g/mol. The van der Waals surface area contributed by atoms with E-state index in [1.165, 1.54) is 23.9 Å². The van der Waals surface area contributed by atoms with E-state index in [1.807, 2.05) is 13.0 Å². The van der Waals surface area contributed by atoms with Crippen molar-refractivity contribution in [1.29, 1.82) is 0 Å². The van der Waals surface area contributed by atoms with E-state index in [0.717, 1.165) is 4.90 Å². The molecule has 0 fully saturated rings. The first-order valence-electron chi connectivity index (χ1n) is 9.94. The fraction of sp³-hybridized carbons (Fsp3) is 0.125. The van der Waals surface area contributed by atoms with Gasteiger partial charge in [-0.15, -0.1) is 11.8 Å². The Labute approximate surface area is 205 Å². The van der Waals surface area contributed by atoms with Gasteiger partial charge < -0.3 is 15.7 Å². The molecule has 2 amide bonds. The van der Waals surface area contributed by atoms with E-state index in [9.17, 15) is 19.5 Å². The summed E-state index contributed by atoms with van der Waals surface area (Å²) < 4.78 is 0. The summed E-state index contributed by atoms with van der Waals surface area (Å²) in [6, 6.07) is 17.8. The maximum Gasteiger partial charge on any atom is 0.336 e. The second kappa shape index (κ2) is 11.2. The van der Waals surface area contributed by atoms with Gasteiger partial charge in [-0.1, -0.05) is 48.3 Å². The smallest absolute Gasteiger partial charge is 0.336 e. The molecule has 0 spiro atoms. The zero-order valence-electron chi connectivity index (χ0n) is 17.5. The monoisotopic (exact) mass is 502 g/mol. The number of thioether (sulfide) groups is 1. The number of hydrogen-bond donors (Lipinski definition) is 3. The molecule has 3 aromatic rings. The number of aromatic carboxylic acids is 1. The molecule has 0 heterocycles. The predicted octanol–water partition coefficient (Wildman–Crippen LogP) is 6.45. The largest absolute Gasteiger partial charge is 0.478 e. The van der Waals surface area contributed by atoms with E-state index >= 15 is 0 Å². The van der Waals surface area contributed by atoms with Crippen molar-refractivity contribution in [1.82, 2.24) is 0 Å². The van der Waals surface area contributed by atoms with Gasteiger partial charge in [0.05, 0.1) is 16.4 Å². The van der Waals surface area contributed by atoms with Gasteiger partial charge in [-0.25, -0.2) is 4.79 Å². The third kappa shape index (κ3) is 6.74. The van der Waals surface area contributed by atoms with Gasteiger partial charge in [0.2, 0.25) is 5.91 Å². The van der Waals surface area contributed by atoms with Gasteiger partial charge in [-0.3, -0.25) is 9.59 Å². The third-order valence-corrected chi connectivity index (χ3v) is 6.36. The first-order valence-corrected chi connectivity index (χ1v) is 11.6. The van der Waals surface area contributed by atoms with Crippen LogP contribution in [0.5, 0.6) is 0 Å². The van der Waals surface area contributed by atoms with Crippen LogP contribution in [0.2, 0.25) is 10.0 Å². The number of carbonyl (C=O) groups is 3. The van der Waals surface area contributed by atoms with Crippen LogP contribution in [0.25, 0.3) is 0 Å². The zero-order chi connectivity index (χ0) is 24.0. The molecule has 0 aliphatic rings. The fourth-order valence-electron chi connectivity index (χ4n) is 3.05. The van der Waals surface area contributed by atoms with Crippen molar-refractivity contribution >= 4 is 64.1 Å². The summed E-state index contributed by atoms with van der Waals surface area (Å²) in [5.41, 5.74) is 0.982. The van der Waals surface area contributed by atoms with Crippen LogP contribution in [0.3, 0.4) is 0 Å². The summed E-state index contributed by atoms with van der Waals surface area (Å²) in [5, 5.41) is 15.3. The SMILES string of the molecule is CCC(Sc1cccc(NC(=O)c2ccccc2C(=O)O)c1)C(=O)Nc1cc(Cl)cc(Cl)c1. The van der Waals surface area contributed by atoms with Gasteiger partial charge in [0.25, 0.3) is 5.91 Å². The summed E-state index contributed by atoms with van der Waals surface area (Å²) in [4.78, 5) is 37.6. The second-order valence-corrected chi connectivity index (χ2v) is 9.14. The number of benzene rings is 3. The summed E-state index contributed by atoms with van der Waals surface area (Å²) in [7, 11) is 0. The quantitative estimate of drug-likeness (QED) is 0.307.